The summed E-state index contributed by atoms with van der Waals surface area (Å²) in [5.74, 6) is -8.68. The van der Waals surface area contributed by atoms with Crippen LogP contribution in [0.1, 0.15) is 171 Å². The number of rotatable bonds is 19. The molecule has 0 aromatic heterocycles. The van der Waals surface area contributed by atoms with Crippen molar-refractivity contribution in [2.24, 2.45) is 29.6 Å². The predicted octanol–water partition coefficient (Wildman–Crippen LogP) is 7.36. The van der Waals surface area contributed by atoms with E-state index in [0.717, 1.165) is 41.7 Å². The molecule has 2 fully saturated rings. The van der Waals surface area contributed by atoms with Gasteiger partial charge in [-0.05, 0) is 92.7 Å². The van der Waals surface area contributed by atoms with E-state index in [1.54, 1.807) is 41.5 Å². The second-order valence-electron chi connectivity index (χ2n) is 26.2. The summed E-state index contributed by atoms with van der Waals surface area (Å²) in [7, 11) is 5.71. The first-order valence-corrected chi connectivity index (χ1v) is 31.9. The zero-order valence-electron chi connectivity index (χ0n) is 55.4. The van der Waals surface area contributed by atoms with E-state index < -0.39 is 137 Å². The van der Waals surface area contributed by atoms with E-state index in [2.05, 4.69) is 35.0 Å². The lowest BCUT2D eigenvalue weighted by Crippen LogP contribution is -2.63. The molecule has 0 aliphatic carbocycles. The molecule has 0 saturated carbocycles. The molecule has 19 nitrogen and oxygen atoms in total. The maximum Gasteiger partial charge on any atom is 0.332 e. The second-order valence-corrected chi connectivity index (χ2v) is 26.2. The molecule has 2 aromatic rings. The SMILES string of the molecule is CCCCCC/C=C\c1ccc(C[C@H]2C(=O)N3CCC[C@H]3C(=O)N[C@@H](C(C)CC)C(=O)N(C)[C@@H](C(C)C)C(=O)N[C@@H](CC(C)C)C(=O)N(C)[C@@H](C(C)(C)O)C(=O)O[C@H](C(C)CC)C(=O)N(C)[C@@H](C(C)C)C(=O)N[C@@H](Cc3ccccc3)C(=O)N2C)cc1. The number of hydrogen-bond acceptors (Lipinski definition) is 11. The highest BCUT2D eigenvalue weighted by Crippen LogP contribution is 2.28. The van der Waals surface area contributed by atoms with Gasteiger partial charge < -0.3 is 50.3 Å². The number of nitrogens with one attached hydrogen (secondary N) is 3. The third-order valence-electron chi connectivity index (χ3n) is 17.5. The lowest BCUT2D eigenvalue weighted by molar-refractivity contribution is -0.177. The average molecular weight is 1210 g/mol. The van der Waals surface area contributed by atoms with Gasteiger partial charge in [-0.3, -0.25) is 38.4 Å². The van der Waals surface area contributed by atoms with Gasteiger partial charge in [0.2, 0.25) is 41.4 Å². The fraction of sp³-hybridized carbons (Fsp3) is 0.662. The van der Waals surface area contributed by atoms with Gasteiger partial charge in [-0.15, -0.1) is 0 Å². The first-order chi connectivity index (χ1) is 40.9. The smallest absolute Gasteiger partial charge is 0.332 e. The normalized spacial score (nSPS) is 25.3. The third kappa shape index (κ3) is 19.7. The zero-order valence-corrected chi connectivity index (χ0v) is 55.4. The van der Waals surface area contributed by atoms with Crippen molar-refractivity contribution in [2.75, 3.05) is 34.7 Å². The molecule has 4 N–H and O–H groups in total. The minimum atomic E-state index is -1.98. The van der Waals surface area contributed by atoms with Gasteiger partial charge in [-0.2, -0.15) is 0 Å². The zero-order chi connectivity index (χ0) is 65.2. The van der Waals surface area contributed by atoms with Crippen molar-refractivity contribution in [2.45, 2.75) is 227 Å². The first-order valence-electron chi connectivity index (χ1n) is 31.9. The molecular weight excluding hydrogens is 1100 g/mol. The summed E-state index contributed by atoms with van der Waals surface area (Å²) in [5, 5.41) is 20.6. The van der Waals surface area contributed by atoms with Crippen molar-refractivity contribution in [3.63, 3.8) is 0 Å². The van der Waals surface area contributed by atoms with E-state index in [1.165, 1.54) is 68.1 Å². The first kappa shape index (κ1) is 72.8. The number of ether oxygens (including phenoxy) is 1. The van der Waals surface area contributed by atoms with Crippen LogP contribution in [0.25, 0.3) is 6.08 Å². The number of unbranched alkanes of at least 4 members (excludes halogenated alkanes) is 4. The Balaban J connectivity index is 1.98. The van der Waals surface area contributed by atoms with E-state index in [0.29, 0.717) is 24.8 Å². The number of carbonyl (C=O) groups excluding carboxylic acids is 9. The molecule has 0 bridgehead atoms. The highest BCUT2D eigenvalue weighted by molar-refractivity contribution is 5.99. The standard InChI is InChI=1S/C68H106N8O11/c1-18-21-22-23-24-26-30-47-34-36-49(37-35-47)41-53-64(82)76-38-29-33-52(76)59(77)71-54(45(10)19-2)65(83)73(15)55(43(6)7)60(78)69-50(39-42(4)5)63(81)75(17)58(68(12,13)86)67(85)87-57(46(11)20-3)66(84)74(16)56(44(8)9)61(79)70-51(62(80)72(53)14)40-48-31-27-25-28-32-48/h25-28,30-32,34-37,42-46,50-58,86H,18-24,29,33,38-41H2,1-17H3,(H,69,78)(H,70,79)(H,71,77)/b30-26-/t45?,46?,50-,51-,52-,53-,54-,55-,56-,57+,58+/m0/s1. The molecule has 2 aliphatic heterocycles. The van der Waals surface area contributed by atoms with Crippen LogP contribution in [0.15, 0.2) is 60.7 Å². The van der Waals surface area contributed by atoms with Gasteiger partial charge in [0.15, 0.2) is 12.1 Å². The van der Waals surface area contributed by atoms with Crippen molar-refractivity contribution in [3.05, 3.63) is 77.4 Å². The summed E-state index contributed by atoms with van der Waals surface area (Å²) in [6.07, 6.45) is 9.79. The average Bonchev–Trinajstić information content (AvgIpc) is 2.24. The Morgan fingerprint density at radius 2 is 1.16 bits per heavy atom. The second kappa shape index (κ2) is 33.6. The number of aliphatic hydroxyl groups is 1. The molecule has 0 radical (unpaired) electrons. The number of fused-ring (bicyclic) bond motifs is 1. The van der Waals surface area contributed by atoms with Crippen molar-refractivity contribution >= 4 is 59.3 Å². The van der Waals surface area contributed by atoms with E-state index in [9.17, 15) is 24.3 Å². The quantitative estimate of drug-likeness (QED) is 0.0802. The van der Waals surface area contributed by atoms with Crippen molar-refractivity contribution in [1.29, 1.82) is 0 Å². The molecule has 4 rings (SSSR count). The molecule has 2 saturated heterocycles. The van der Waals surface area contributed by atoms with Crippen LogP contribution in [0.3, 0.4) is 0 Å². The van der Waals surface area contributed by atoms with Crippen LogP contribution in [0.2, 0.25) is 0 Å². The number of allylic oxidation sites excluding steroid dienone is 1. The maximum absolute atomic E-state index is 15.6. The van der Waals surface area contributed by atoms with Gasteiger partial charge in [-0.25, -0.2) is 4.79 Å². The largest absolute Gasteiger partial charge is 0.450 e. The molecule has 2 aromatic carbocycles. The van der Waals surface area contributed by atoms with Crippen LogP contribution in [0.5, 0.6) is 0 Å². The Labute approximate surface area is 519 Å². The number of carbonyl (C=O) groups is 9. The lowest BCUT2D eigenvalue weighted by atomic mass is 9.93. The highest BCUT2D eigenvalue weighted by Gasteiger charge is 2.48. The Bertz CT molecular complexity index is 2660. The summed E-state index contributed by atoms with van der Waals surface area (Å²) in [6, 6.07) is 6.68. The minimum absolute atomic E-state index is 0.0126. The Morgan fingerprint density at radius 3 is 1.70 bits per heavy atom. The molecule has 0 spiro atoms. The Morgan fingerprint density at radius 1 is 0.609 bits per heavy atom. The number of cyclic esters (lactones) is 1. The molecule has 2 heterocycles. The number of amides is 8. The van der Waals surface area contributed by atoms with E-state index in [4.69, 9.17) is 4.74 Å². The monoisotopic (exact) mass is 1210 g/mol. The molecule has 11 atom stereocenters. The molecule has 2 unspecified atom stereocenters. The van der Waals surface area contributed by atoms with Crippen molar-refractivity contribution < 1.29 is 53.0 Å². The summed E-state index contributed by atoms with van der Waals surface area (Å²) >= 11 is 0. The summed E-state index contributed by atoms with van der Waals surface area (Å²) < 4.78 is 6.13. The van der Waals surface area contributed by atoms with Crippen LogP contribution in [-0.4, -0.2) is 178 Å². The Kier molecular flexibility index (Phi) is 28.2. The number of hydrogen-bond donors (Lipinski definition) is 4. The van der Waals surface area contributed by atoms with Crippen molar-refractivity contribution in [3.8, 4) is 0 Å². The van der Waals surface area contributed by atoms with Crippen LogP contribution < -0.4 is 16.0 Å². The highest BCUT2D eigenvalue weighted by atomic mass is 16.6. The predicted molar refractivity (Wildman–Crippen MR) is 339 cm³/mol. The van der Waals surface area contributed by atoms with Gasteiger partial charge in [0, 0.05) is 53.5 Å². The van der Waals surface area contributed by atoms with Crippen LogP contribution in [0, 0.1) is 29.6 Å². The molecule has 484 valence electrons. The van der Waals surface area contributed by atoms with Crippen LogP contribution in [-0.2, 0) is 60.7 Å². The molecule has 2 aliphatic rings. The van der Waals surface area contributed by atoms with E-state index in [1.807, 2.05) is 82.3 Å². The summed E-state index contributed by atoms with van der Waals surface area (Å²) in [6.45, 7) is 22.9. The number of esters is 1. The molecule has 87 heavy (non-hydrogen) atoms. The topological polar surface area (TPSA) is 235 Å². The van der Waals surface area contributed by atoms with Gasteiger partial charge in [0.1, 0.15) is 42.3 Å². The maximum atomic E-state index is 15.6. The third-order valence-corrected chi connectivity index (χ3v) is 17.5. The van der Waals surface area contributed by atoms with E-state index >= 15 is 24.0 Å². The fourth-order valence-corrected chi connectivity index (χ4v) is 12.0. The van der Waals surface area contributed by atoms with Gasteiger partial charge >= 0.3 is 5.97 Å². The molecule has 19 heteroatoms. The van der Waals surface area contributed by atoms with Crippen LogP contribution in [0.4, 0.5) is 0 Å². The molecule has 8 amide bonds. The van der Waals surface area contributed by atoms with Crippen molar-refractivity contribution in [1.82, 2.24) is 40.4 Å². The summed E-state index contributed by atoms with van der Waals surface area (Å²) in [5.41, 5.74) is 0.415. The summed E-state index contributed by atoms with van der Waals surface area (Å²) in [4.78, 5) is 142. The lowest BCUT2D eigenvalue weighted by Gasteiger charge is -2.39. The van der Waals surface area contributed by atoms with Gasteiger partial charge in [0.05, 0.1) is 5.60 Å². The number of benzene rings is 2. The fourth-order valence-electron chi connectivity index (χ4n) is 12.0. The van der Waals surface area contributed by atoms with Gasteiger partial charge in [0.25, 0.3) is 5.91 Å². The van der Waals surface area contributed by atoms with E-state index in [-0.39, 0.29) is 38.1 Å². The van der Waals surface area contributed by atoms with Crippen LogP contribution >= 0.6 is 0 Å². The minimum Gasteiger partial charge on any atom is -0.450 e. The Hall–Kier alpha value is -6.63. The van der Waals surface area contributed by atoms with Gasteiger partial charge in [-0.1, -0.05) is 169 Å². The number of nitrogens with zero attached hydrogens (tertiary/aromatic N) is 5. The molecular formula is C68H106N8O11. The number of likely N-dealkylation sites (N-methyl/N-ethyl adjacent to an activating group) is 4.